The third-order valence-corrected chi connectivity index (χ3v) is 4.48. The lowest BCUT2D eigenvalue weighted by molar-refractivity contribution is 0.199. The largest absolute Gasteiger partial charge is 0.389 e. The van der Waals surface area contributed by atoms with E-state index in [1.165, 1.54) is 16.0 Å². The van der Waals surface area contributed by atoms with Crippen molar-refractivity contribution in [2.45, 2.75) is 36.7 Å². The van der Waals surface area contributed by atoms with Gasteiger partial charge in [-0.05, 0) is 50.1 Å². The highest BCUT2D eigenvalue weighted by Gasteiger charge is 2.08. The smallest absolute Gasteiger partial charge is 0.0776 e. The van der Waals surface area contributed by atoms with Crippen LogP contribution in [0.4, 0.5) is 0 Å². The van der Waals surface area contributed by atoms with Crippen molar-refractivity contribution in [1.82, 2.24) is 0 Å². The van der Waals surface area contributed by atoms with E-state index in [2.05, 4.69) is 32.0 Å². The molecule has 0 fully saturated rings. The molecule has 0 saturated heterocycles. The Bertz CT molecular complexity index is 593. The monoisotopic (exact) mass is 292 g/mol. The minimum absolute atomic E-state index is 0.535. The van der Waals surface area contributed by atoms with Crippen LogP contribution in [0, 0.1) is 13.8 Å². The fourth-order valence-corrected chi connectivity index (χ4v) is 3.28. The molecular weight excluding hydrogens is 276 g/mol. The normalized spacial score (nSPS) is 12.5. The first-order valence-corrected chi connectivity index (χ1v) is 7.39. The van der Waals surface area contributed by atoms with Crippen LogP contribution in [0.1, 0.15) is 29.7 Å². The zero-order valence-corrected chi connectivity index (χ0v) is 12.8. The zero-order valence-electron chi connectivity index (χ0n) is 11.3. The fourth-order valence-electron chi connectivity index (χ4n) is 1.95. The van der Waals surface area contributed by atoms with E-state index in [0.717, 1.165) is 10.5 Å². The van der Waals surface area contributed by atoms with Crippen molar-refractivity contribution in [1.29, 1.82) is 0 Å². The van der Waals surface area contributed by atoms with Gasteiger partial charge in [-0.1, -0.05) is 47.1 Å². The molecule has 3 heteroatoms. The maximum Gasteiger partial charge on any atom is 0.0776 e. The number of benzene rings is 2. The molecule has 0 saturated carbocycles. The third-order valence-electron chi connectivity index (χ3n) is 2.98. The van der Waals surface area contributed by atoms with Crippen LogP contribution in [-0.4, -0.2) is 5.11 Å². The molecule has 0 amide bonds. The highest BCUT2D eigenvalue weighted by atomic mass is 35.5. The van der Waals surface area contributed by atoms with Crippen molar-refractivity contribution < 1.29 is 5.11 Å². The standard InChI is InChI=1S/C16H17ClOS/c1-10-4-7-16(11(2)8-10)19-13-5-6-14(12(3)18)15(17)9-13/h4-9,12,18H,1-3H3. The van der Waals surface area contributed by atoms with Crippen molar-refractivity contribution >= 4 is 23.4 Å². The number of halogens is 1. The quantitative estimate of drug-likeness (QED) is 0.843. The number of aryl methyl sites for hydroxylation is 2. The minimum atomic E-state index is -0.535. The lowest BCUT2D eigenvalue weighted by atomic mass is 10.1. The van der Waals surface area contributed by atoms with Gasteiger partial charge in [-0.2, -0.15) is 0 Å². The van der Waals surface area contributed by atoms with E-state index in [-0.39, 0.29) is 0 Å². The lowest BCUT2D eigenvalue weighted by Crippen LogP contribution is -1.92. The van der Waals surface area contributed by atoms with E-state index >= 15 is 0 Å². The van der Waals surface area contributed by atoms with Crippen molar-refractivity contribution in [2.24, 2.45) is 0 Å². The van der Waals surface area contributed by atoms with Crippen LogP contribution in [0.15, 0.2) is 46.2 Å². The van der Waals surface area contributed by atoms with Gasteiger partial charge in [0, 0.05) is 14.8 Å². The number of aliphatic hydroxyl groups is 1. The molecule has 0 spiro atoms. The molecule has 1 atom stereocenters. The van der Waals surface area contributed by atoms with E-state index in [1.54, 1.807) is 18.7 Å². The van der Waals surface area contributed by atoms with Gasteiger partial charge in [0.15, 0.2) is 0 Å². The van der Waals surface area contributed by atoms with Crippen molar-refractivity contribution in [3.05, 3.63) is 58.1 Å². The first-order valence-electron chi connectivity index (χ1n) is 6.20. The van der Waals surface area contributed by atoms with E-state index in [4.69, 9.17) is 11.6 Å². The molecule has 0 bridgehead atoms. The summed E-state index contributed by atoms with van der Waals surface area (Å²) in [6, 6.07) is 12.2. The summed E-state index contributed by atoms with van der Waals surface area (Å²) < 4.78 is 0. The summed E-state index contributed by atoms with van der Waals surface area (Å²) in [6.07, 6.45) is -0.535. The Morgan fingerprint density at radius 2 is 1.84 bits per heavy atom. The molecule has 0 aromatic heterocycles. The van der Waals surface area contributed by atoms with Gasteiger partial charge in [-0.25, -0.2) is 0 Å². The molecular formula is C16H17ClOS. The second-order valence-electron chi connectivity index (χ2n) is 4.73. The predicted molar refractivity (Wildman–Crippen MR) is 82.1 cm³/mol. The third kappa shape index (κ3) is 3.53. The average Bonchev–Trinajstić information content (AvgIpc) is 2.32. The molecule has 1 unspecified atom stereocenters. The zero-order chi connectivity index (χ0) is 14.0. The molecule has 0 aliphatic heterocycles. The van der Waals surface area contributed by atoms with Crippen molar-refractivity contribution in [3.8, 4) is 0 Å². The number of hydrogen-bond donors (Lipinski definition) is 1. The molecule has 100 valence electrons. The van der Waals surface area contributed by atoms with Crippen LogP contribution >= 0.6 is 23.4 Å². The number of hydrogen-bond acceptors (Lipinski definition) is 2. The molecule has 2 aromatic rings. The lowest BCUT2D eigenvalue weighted by Gasteiger charge is -2.10. The summed E-state index contributed by atoms with van der Waals surface area (Å²) in [4.78, 5) is 2.31. The minimum Gasteiger partial charge on any atom is -0.389 e. The highest BCUT2D eigenvalue weighted by molar-refractivity contribution is 7.99. The van der Waals surface area contributed by atoms with Crippen LogP contribution in [0.25, 0.3) is 0 Å². The molecule has 0 aliphatic rings. The summed E-state index contributed by atoms with van der Waals surface area (Å²) in [6.45, 7) is 5.93. The van der Waals surface area contributed by atoms with Gasteiger partial charge in [0.25, 0.3) is 0 Å². The van der Waals surface area contributed by atoms with Gasteiger partial charge in [-0.3, -0.25) is 0 Å². The van der Waals surface area contributed by atoms with Gasteiger partial charge in [0.05, 0.1) is 6.10 Å². The van der Waals surface area contributed by atoms with Gasteiger partial charge < -0.3 is 5.11 Å². The molecule has 2 rings (SSSR count). The predicted octanol–water partition coefficient (Wildman–Crippen LogP) is 5.16. The summed E-state index contributed by atoms with van der Waals surface area (Å²) in [7, 11) is 0. The van der Waals surface area contributed by atoms with Gasteiger partial charge >= 0.3 is 0 Å². The molecule has 1 nitrogen and oxygen atoms in total. The summed E-state index contributed by atoms with van der Waals surface area (Å²) >= 11 is 7.87. The van der Waals surface area contributed by atoms with E-state index in [0.29, 0.717) is 5.02 Å². The van der Waals surface area contributed by atoms with Gasteiger partial charge in [0.2, 0.25) is 0 Å². The second kappa shape index (κ2) is 6.00. The SMILES string of the molecule is Cc1ccc(Sc2ccc(C(C)O)c(Cl)c2)c(C)c1. The molecule has 0 aliphatic carbocycles. The molecule has 0 radical (unpaired) electrons. The first-order chi connectivity index (χ1) is 8.97. The topological polar surface area (TPSA) is 20.2 Å². The Kier molecular flexibility index (Phi) is 4.56. The second-order valence-corrected chi connectivity index (χ2v) is 6.25. The maximum atomic E-state index is 9.57. The van der Waals surface area contributed by atoms with Crippen LogP contribution in [-0.2, 0) is 0 Å². The van der Waals surface area contributed by atoms with Crippen LogP contribution in [0.2, 0.25) is 5.02 Å². The number of aliphatic hydroxyl groups excluding tert-OH is 1. The number of rotatable bonds is 3. The van der Waals surface area contributed by atoms with Crippen molar-refractivity contribution in [2.75, 3.05) is 0 Å². The highest BCUT2D eigenvalue weighted by Crippen LogP contribution is 2.34. The summed E-state index contributed by atoms with van der Waals surface area (Å²) in [5.74, 6) is 0. The van der Waals surface area contributed by atoms with Gasteiger partial charge in [-0.15, -0.1) is 0 Å². The van der Waals surface area contributed by atoms with E-state index in [9.17, 15) is 5.11 Å². The Balaban J connectivity index is 2.26. The Hall–Kier alpha value is -0.960. The van der Waals surface area contributed by atoms with Crippen LogP contribution < -0.4 is 0 Å². The van der Waals surface area contributed by atoms with Crippen molar-refractivity contribution in [3.63, 3.8) is 0 Å². The maximum absolute atomic E-state index is 9.57. The summed E-state index contributed by atoms with van der Waals surface area (Å²) in [5, 5.41) is 10.2. The molecule has 0 heterocycles. The first kappa shape index (κ1) is 14.4. The van der Waals surface area contributed by atoms with E-state index < -0.39 is 6.10 Å². The Labute approximate surface area is 123 Å². The van der Waals surface area contributed by atoms with Crippen LogP contribution in [0.3, 0.4) is 0 Å². The fraction of sp³-hybridized carbons (Fsp3) is 0.250. The Morgan fingerprint density at radius 3 is 2.42 bits per heavy atom. The van der Waals surface area contributed by atoms with Gasteiger partial charge in [0.1, 0.15) is 0 Å². The summed E-state index contributed by atoms with van der Waals surface area (Å²) in [5.41, 5.74) is 3.30. The van der Waals surface area contributed by atoms with E-state index in [1.807, 2.05) is 18.2 Å². The molecule has 19 heavy (non-hydrogen) atoms. The molecule has 2 aromatic carbocycles. The molecule has 1 N–H and O–H groups in total. The van der Waals surface area contributed by atoms with Crippen LogP contribution in [0.5, 0.6) is 0 Å². The Morgan fingerprint density at radius 1 is 1.11 bits per heavy atom. The average molecular weight is 293 g/mol.